The third-order valence-corrected chi connectivity index (χ3v) is 5.93. The average Bonchev–Trinajstić information content (AvgIpc) is 3.09. The molecule has 1 aliphatic heterocycles. The number of carbonyl (C=O) groups is 2. The van der Waals surface area contributed by atoms with Crippen molar-refractivity contribution in [3.63, 3.8) is 0 Å². The topological polar surface area (TPSA) is 49.4 Å². The molecule has 0 radical (unpaired) electrons. The highest BCUT2D eigenvalue weighted by atomic mass is 79.9. The number of benzene rings is 2. The van der Waals surface area contributed by atoms with Crippen LogP contribution in [0, 0.1) is 5.92 Å². The van der Waals surface area contributed by atoms with Gasteiger partial charge in [0.15, 0.2) is 0 Å². The van der Waals surface area contributed by atoms with Crippen molar-refractivity contribution in [2.75, 3.05) is 16.8 Å². The first kappa shape index (κ1) is 20.6. The minimum Gasteiger partial charge on any atom is -0.326 e. The van der Waals surface area contributed by atoms with Crippen LogP contribution in [0.4, 0.5) is 11.4 Å². The zero-order chi connectivity index (χ0) is 20.3. The van der Waals surface area contributed by atoms with E-state index in [1.54, 1.807) is 0 Å². The largest absolute Gasteiger partial charge is 0.326 e. The van der Waals surface area contributed by atoms with Gasteiger partial charge in [-0.3, -0.25) is 9.59 Å². The molecular formula is C23H27BrN2O2. The standard InChI is InChI=1S/C23H27BrN2O2/c1-4-15-8-7-9-16(5-2)22(15)26-14-18(13-21(26)27)23(28)25-20-11-10-19(24)12-17(20)6-3/h7-12,18H,4-6,13-14H2,1-3H3,(H,25,28)/t18-/m0/s1. The Morgan fingerprint density at radius 1 is 1.07 bits per heavy atom. The van der Waals surface area contributed by atoms with E-state index in [1.165, 1.54) is 0 Å². The second-order valence-corrected chi connectivity index (χ2v) is 8.10. The summed E-state index contributed by atoms with van der Waals surface area (Å²) in [5.74, 6) is -0.391. The molecule has 3 rings (SSSR count). The summed E-state index contributed by atoms with van der Waals surface area (Å²) in [6.07, 6.45) is 2.81. The van der Waals surface area contributed by atoms with Crippen LogP contribution in [0.3, 0.4) is 0 Å². The molecule has 0 bridgehead atoms. The predicted octanol–water partition coefficient (Wildman–Crippen LogP) is 5.13. The molecule has 5 heteroatoms. The first-order valence-corrected chi connectivity index (χ1v) is 10.8. The van der Waals surface area contributed by atoms with Crippen molar-refractivity contribution in [1.82, 2.24) is 0 Å². The van der Waals surface area contributed by atoms with Gasteiger partial charge < -0.3 is 10.2 Å². The molecule has 1 fully saturated rings. The molecule has 148 valence electrons. The van der Waals surface area contributed by atoms with Crippen molar-refractivity contribution in [3.8, 4) is 0 Å². The van der Waals surface area contributed by atoms with Crippen molar-refractivity contribution < 1.29 is 9.59 Å². The van der Waals surface area contributed by atoms with Crippen molar-refractivity contribution in [3.05, 3.63) is 57.6 Å². The maximum absolute atomic E-state index is 12.9. The molecule has 0 saturated carbocycles. The average molecular weight is 443 g/mol. The van der Waals surface area contributed by atoms with Gasteiger partial charge in [0.2, 0.25) is 11.8 Å². The van der Waals surface area contributed by atoms with Gasteiger partial charge >= 0.3 is 0 Å². The molecule has 1 atom stereocenters. The number of halogens is 1. The quantitative estimate of drug-likeness (QED) is 0.673. The fraction of sp³-hybridized carbons (Fsp3) is 0.391. The minimum absolute atomic E-state index is 0.0299. The molecule has 1 heterocycles. The highest BCUT2D eigenvalue weighted by Gasteiger charge is 2.36. The predicted molar refractivity (Wildman–Crippen MR) is 118 cm³/mol. The molecule has 4 nitrogen and oxygen atoms in total. The van der Waals surface area contributed by atoms with E-state index in [9.17, 15) is 9.59 Å². The number of aryl methyl sites for hydroxylation is 3. The van der Waals surface area contributed by atoms with E-state index in [0.717, 1.165) is 51.8 Å². The highest BCUT2D eigenvalue weighted by molar-refractivity contribution is 9.10. The zero-order valence-corrected chi connectivity index (χ0v) is 18.3. The highest BCUT2D eigenvalue weighted by Crippen LogP contribution is 2.33. The number of hydrogen-bond donors (Lipinski definition) is 1. The molecule has 0 aliphatic carbocycles. The smallest absolute Gasteiger partial charge is 0.229 e. The molecule has 0 aromatic heterocycles. The van der Waals surface area contributed by atoms with Crippen molar-refractivity contribution >= 4 is 39.1 Å². The number of nitrogens with one attached hydrogen (secondary N) is 1. The second kappa shape index (κ2) is 8.91. The lowest BCUT2D eigenvalue weighted by Gasteiger charge is -2.23. The maximum Gasteiger partial charge on any atom is 0.229 e. The van der Waals surface area contributed by atoms with Crippen LogP contribution in [0.5, 0.6) is 0 Å². The van der Waals surface area contributed by atoms with Crippen LogP contribution in [0.1, 0.15) is 43.9 Å². The lowest BCUT2D eigenvalue weighted by molar-refractivity contribution is -0.122. The van der Waals surface area contributed by atoms with Crippen LogP contribution in [0.2, 0.25) is 0 Å². The first-order valence-electron chi connectivity index (χ1n) is 9.98. The van der Waals surface area contributed by atoms with E-state index in [-0.39, 0.29) is 24.2 Å². The van der Waals surface area contributed by atoms with Crippen LogP contribution in [-0.4, -0.2) is 18.4 Å². The van der Waals surface area contributed by atoms with E-state index in [0.29, 0.717) is 6.54 Å². The van der Waals surface area contributed by atoms with Gasteiger partial charge in [-0.25, -0.2) is 0 Å². The summed E-state index contributed by atoms with van der Waals surface area (Å²) in [5, 5.41) is 3.04. The molecule has 2 amide bonds. The molecule has 0 spiro atoms. The lowest BCUT2D eigenvalue weighted by atomic mass is 10.0. The normalized spacial score (nSPS) is 16.5. The van der Waals surface area contributed by atoms with Gasteiger partial charge in [0.1, 0.15) is 0 Å². The number of nitrogens with zero attached hydrogens (tertiary/aromatic N) is 1. The van der Waals surface area contributed by atoms with Crippen molar-refractivity contribution in [2.45, 2.75) is 46.5 Å². The van der Waals surface area contributed by atoms with E-state index in [4.69, 9.17) is 0 Å². The van der Waals surface area contributed by atoms with Gasteiger partial charge in [-0.15, -0.1) is 0 Å². The summed E-state index contributed by atoms with van der Waals surface area (Å²) in [6.45, 7) is 6.70. The first-order chi connectivity index (χ1) is 13.5. The summed E-state index contributed by atoms with van der Waals surface area (Å²) < 4.78 is 0.993. The molecule has 2 aromatic carbocycles. The minimum atomic E-state index is -0.338. The molecule has 2 aromatic rings. The van der Waals surface area contributed by atoms with Crippen molar-refractivity contribution in [1.29, 1.82) is 0 Å². The van der Waals surface area contributed by atoms with Crippen LogP contribution in [0.25, 0.3) is 0 Å². The van der Waals surface area contributed by atoms with Gasteiger partial charge in [-0.1, -0.05) is 54.9 Å². The Hall–Kier alpha value is -2.14. The number of rotatable bonds is 6. The monoisotopic (exact) mass is 442 g/mol. The Bertz CT molecular complexity index is 872. The Balaban J connectivity index is 1.81. The van der Waals surface area contributed by atoms with E-state index >= 15 is 0 Å². The number of amides is 2. The van der Waals surface area contributed by atoms with Gasteiger partial charge in [-0.05, 0) is 54.2 Å². The Kier molecular flexibility index (Phi) is 6.55. The summed E-state index contributed by atoms with van der Waals surface area (Å²) >= 11 is 3.47. The number of carbonyl (C=O) groups excluding carboxylic acids is 2. The van der Waals surface area contributed by atoms with Crippen LogP contribution in [0.15, 0.2) is 40.9 Å². The third-order valence-electron chi connectivity index (χ3n) is 5.44. The van der Waals surface area contributed by atoms with E-state index in [2.05, 4.69) is 54.2 Å². The maximum atomic E-state index is 12.9. The molecule has 1 saturated heterocycles. The molecule has 1 N–H and O–H groups in total. The molecule has 28 heavy (non-hydrogen) atoms. The Morgan fingerprint density at radius 2 is 1.71 bits per heavy atom. The van der Waals surface area contributed by atoms with E-state index in [1.807, 2.05) is 29.2 Å². The fourth-order valence-corrected chi connectivity index (χ4v) is 4.28. The SMILES string of the molecule is CCc1cc(Br)ccc1NC(=O)[C@H]1CC(=O)N(c2c(CC)cccc2CC)C1. The van der Waals surface area contributed by atoms with Crippen LogP contribution < -0.4 is 10.2 Å². The number of hydrogen-bond acceptors (Lipinski definition) is 2. The van der Waals surface area contributed by atoms with Gasteiger partial charge in [0.05, 0.1) is 5.92 Å². The van der Waals surface area contributed by atoms with Gasteiger partial charge in [0.25, 0.3) is 0 Å². The summed E-state index contributed by atoms with van der Waals surface area (Å²) in [6, 6.07) is 12.1. The Morgan fingerprint density at radius 3 is 2.32 bits per heavy atom. The summed E-state index contributed by atoms with van der Waals surface area (Å²) in [7, 11) is 0. The van der Waals surface area contributed by atoms with Gasteiger partial charge in [-0.2, -0.15) is 0 Å². The summed E-state index contributed by atoms with van der Waals surface area (Å²) in [5.41, 5.74) is 5.23. The summed E-state index contributed by atoms with van der Waals surface area (Å²) in [4.78, 5) is 27.5. The fourth-order valence-electron chi connectivity index (χ4n) is 3.87. The number of para-hydroxylation sites is 1. The zero-order valence-electron chi connectivity index (χ0n) is 16.7. The third kappa shape index (κ3) is 4.14. The second-order valence-electron chi connectivity index (χ2n) is 7.18. The molecule has 0 unspecified atom stereocenters. The Labute approximate surface area is 175 Å². The van der Waals surface area contributed by atoms with Crippen LogP contribution >= 0.6 is 15.9 Å². The molecule has 1 aliphatic rings. The van der Waals surface area contributed by atoms with E-state index < -0.39 is 0 Å². The van der Waals surface area contributed by atoms with Gasteiger partial charge in [0, 0.05) is 28.8 Å². The lowest BCUT2D eigenvalue weighted by Crippen LogP contribution is -2.29. The van der Waals surface area contributed by atoms with Crippen molar-refractivity contribution in [2.24, 2.45) is 5.92 Å². The molecular weight excluding hydrogens is 416 g/mol. The van der Waals surface area contributed by atoms with Crippen LogP contribution in [-0.2, 0) is 28.9 Å². The number of anilines is 2.